The maximum Gasteiger partial charge on any atom is 0.270 e. The normalized spacial score (nSPS) is 15.1. The molecule has 0 unspecified atom stereocenters. The van der Waals surface area contributed by atoms with Crippen LogP contribution in [-0.4, -0.2) is 59.3 Å². The number of amides is 1. The lowest BCUT2D eigenvalue weighted by atomic mass is 10.1. The van der Waals surface area contributed by atoms with Crippen molar-refractivity contribution in [2.75, 3.05) is 37.6 Å². The molecule has 0 aliphatic carbocycles. The number of aryl methyl sites for hydroxylation is 1. The summed E-state index contributed by atoms with van der Waals surface area (Å²) in [5.74, 6) is -0.685. The van der Waals surface area contributed by atoms with Gasteiger partial charge in [0.1, 0.15) is 17.2 Å². The van der Waals surface area contributed by atoms with E-state index in [9.17, 15) is 18.0 Å². The number of alkyl halides is 2. The minimum atomic E-state index is -2.36. The van der Waals surface area contributed by atoms with Crippen LogP contribution in [0.1, 0.15) is 21.6 Å². The number of fused-ring (bicyclic) bond motifs is 1. The summed E-state index contributed by atoms with van der Waals surface area (Å²) in [4.78, 5) is 20.3. The van der Waals surface area contributed by atoms with Crippen molar-refractivity contribution in [3.8, 4) is 0 Å². The molecule has 1 N–H and O–H groups in total. The molecule has 0 bridgehead atoms. The fourth-order valence-electron chi connectivity index (χ4n) is 3.81. The molecule has 1 amide bonds. The maximum absolute atomic E-state index is 14.7. The number of anilines is 1. The van der Waals surface area contributed by atoms with Crippen LogP contribution in [-0.2, 0) is 6.54 Å². The highest BCUT2D eigenvalue weighted by molar-refractivity contribution is 5.93. The second kappa shape index (κ2) is 8.97. The van der Waals surface area contributed by atoms with Crippen molar-refractivity contribution in [3.63, 3.8) is 0 Å². The van der Waals surface area contributed by atoms with Gasteiger partial charge in [-0.25, -0.2) is 18.2 Å². The van der Waals surface area contributed by atoms with Crippen LogP contribution in [0.25, 0.3) is 5.65 Å². The number of nitrogens with one attached hydrogen (secondary N) is 1. The van der Waals surface area contributed by atoms with Crippen molar-refractivity contribution in [2.24, 2.45) is 0 Å². The van der Waals surface area contributed by atoms with Gasteiger partial charge in [-0.15, -0.1) is 0 Å². The topological polar surface area (TPSA) is 52.9 Å². The van der Waals surface area contributed by atoms with Gasteiger partial charge in [-0.05, 0) is 42.3 Å². The van der Waals surface area contributed by atoms with Gasteiger partial charge in [0.15, 0.2) is 0 Å². The first-order valence-corrected chi connectivity index (χ1v) is 10.2. The summed E-state index contributed by atoms with van der Waals surface area (Å²) in [6.45, 7) is 3.82. The zero-order valence-corrected chi connectivity index (χ0v) is 17.2. The number of piperazine rings is 1. The summed E-state index contributed by atoms with van der Waals surface area (Å²) in [7, 11) is 0. The number of pyridine rings is 1. The Morgan fingerprint density at radius 1 is 1.16 bits per heavy atom. The second-order valence-corrected chi connectivity index (χ2v) is 7.72. The van der Waals surface area contributed by atoms with E-state index in [0.29, 0.717) is 48.8 Å². The smallest absolute Gasteiger partial charge is 0.270 e. The molecule has 6 nitrogen and oxygen atoms in total. The zero-order valence-electron chi connectivity index (χ0n) is 17.2. The number of hydrogen-bond donors (Lipinski definition) is 1. The summed E-state index contributed by atoms with van der Waals surface area (Å²) in [6.07, 6.45) is 0.950. The number of benzene rings is 1. The Labute approximate surface area is 178 Å². The van der Waals surface area contributed by atoms with Crippen LogP contribution in [0, 0.1) is 12.7 Å². The number of carbonyl (C=O) groups is 1. The van der Waals surface area contributed by atoms with Crippen molar-refractivity contribution < 1.29 is 18.0 Å². The van der Waals surface area contributed by atoms with E-state index in [2.05, 4.69) is 10.3 Å². The summed E-state index contributed by atoms with van der Waals surface area (Å²) >= 11 is 0. The van der Waals surface area contributed by atoms with Gasteiger partial charge in [0.05, 0.1) is 18.4 Å². The molecule has 1 fully saturated rings. The Morgan fingerprint density at radius 3 is 2.65 bits per heavy atom. The van der Waals surface area contributed by atoms with E-state index >= 15 is 0 Å². The third-order valence-electron chi connectivity index (χ3n) is 5.48. The number of aromatic nitrogens is 2. The number of rotatable bonds is 6. The molecule has 0 radical (unpaired) electrons. The standard InChI is InChI=1S/C22H24F3N5O/c1-15-4-5-30-19(13-26-21(30)10-15)22(31)27-12-16-2-3-18(17(23)11-16)29-8-6-28(7-9-29)14-20(24)25/h2-5,10-11,13,20H,6-9,12,14H2,1H3,(H,27,31). The van der Waals surface area contributed by atoms with Crippen LogP contribution in [0.2, 0.25) is 0 Å². The number of imidazole rings is 1. The van der Waals surface area contributed by atoms with Gasteiger partial charge in [-0.3, -0.25) is 14.1 Å². The van der Waals surface area contributed by atoms with Crippen molar-refractivity contribution in [3.05, 3.63) is 65.4 Å². The lowest BCUT2D eigenvalue weighted by molar-refractivity contribution is 0.0853. The average molecular weight is 431 g/mol. The average Bonchev–Trinajstić information content (AvgIpc) is 3.15. The van der Waals surface area contributed by atoms with Gasteiger partial charge >= 0.3 is 0 Å². The quantitative estimate of drug-likeness (QED) is 0.652. The SMILES string of the molecule is Cc1ccn2c(C(=O)NCc3ccc(N4CCN(CC(F)F)CC4)c(F)c3)cnc2c1. The van der Waals surface area contributed by atoms with Gasteiger partial charge in [-0.1, -0.05) is 6.07 Å². The predicted molar refractivity (Wildman–Crippen MR) is 112 cm³/mol. The van der Waals surface area contributed by atoms with Crippen LogP contribution in [0.4, 0.5) is 18.9 Å². The van der Waals surface area contributed by atoms with E-state index in [4.69, 9.17) is 0 Å². The monoisotopic (exact) mass is 431 g/mol. The Balaban J connectivity index is 1.37. The molecule has 3 heterocycles. The summed E-state index contributed by atoms with van der Waals surface area (Å²) in [6, 6.07) is 8.63. The number of nitrogens with zero attached hydrogens (tertiary/aromatic N) is 4. The Morgan fingerprint density at radius 2 is 1.94 bits per heavy atom. The largest absolute Gasteiger partial charge is 0.367 e. The first kappa shape index (κ1) is 21.2. The molecule has 1 aliphatic heterocycles. The first-order chi connectivity index (χ1) is 14.9. The highest BCUT2D eigenvalue weighted by atomic mass is 19.3. The molecule has 0 atom stereocenters. The Bertz CT molecular complexity index is 1080. The third-order valence-corrected chi connectivity index (χ3v) is 5.48. The molecule has 0 spiro atoms. The number of halogens is 3. The summed E-state index contributed by atoms with van der Waals surface area (Å²) in [5.41, 5.74) is 3.23. The molecule has 164 valence electrons. The van der Waals surface area contributed by atoms with Gasteiger partial charge in [0.25, 0.3) is 12.3 Å². The van der Waals surface area contributed by atoms with Crippen LogP contribution >= 0.6 is 0 Å². The summed E-state index contributed by atoms with van der Waals surface area (Å²) < 4.78 is 41.4. The lowest BCUT2D eigenvalue weighted by Gasteiger charge is -2.36. The second-order valence-electron chi connectivity index (χ2n) is 7.72. The molecule has 2 aromatic heterocycles. The number of carbonyl (C=O) groups excluding carboxylic acids is 1. The molecule has 31 heavy (non-hydrogen) atoms. The minimum Gasteiger partial charge on any atom is -0.367 e. The predicted octanol–water partition coefficient (Wildman–Crippen LogP) is 3.10. The van der Waals surface area contributed by atoms with E-state index < -0.39 is 6.43 Å². The minimum absolute atomic E-state index is 0.178. The highest BCUT2D eigenvalue weighted by Gasteiger charge is 2.21. The van der Waals surface area contributed by atoms with Crippen LogP contribution < -0.4 is 10.2 Å². The van der Waals surface area contributed by atoms with Gasteiger partial charge in [0, 0.05) is 38.9 Å². The van der Waals surface area contributed by atoms with E-state index in [1.165, 1.54) is 12.3 Å². The molecule has 1 aromatic carbocycles. The van der Waals surface area contributed by atoms with Gasteiger partial charge in [0.2, 0.25) is 0 Å². The van der Waals surface area contributed by atoms with Crippen molar-refractivity contribution in [1.82, 2.24) is 19.6 Å². The molecule has 1 aliphatic rings. The molecular weight excluding hydrogens is 407 g/mol. The number of hydrogen-bond acceptors (Lipinski definition) is 4. The van der Waals surface area contributed by atoms with E-state index in [1.54, 1.807) is 27.6 Å². The van der Waals surface area contributed by atoms with E-state index in [-0.39, 0.29) is 24.8 Å². The van der Waals surface area contributed by atoms with Crippen molar-refractivity contribution >= 4 is 17.2 Å². The Kier molecular flexibility index (Phi) is 6.13. The van der Waals surface area contributed by atoms with E-state index in [1.807, 2.05) is 24.0 Å². The fraction of sp³-hybridized carbons (Fsp3) is 0.364. The molecule has 9 heteroatoms. The van der Waals surface area contributed by atoms with Crippen molar-refractivity contribution in [2.45, 2.75) is 19.9 Å². The lowest BCUT2D eigenvalue weighted by Crippen LogP contribution is -2.48. The van der Waals surface area contributed by atoms with Gasteiger partial charge < -0.3 is 10.2 Å². The molecule has 3 aromatic rings. The zero-order chi connectivity index (χ0) is 22.0. The first-order valence-electron chi connectivity index (χ1n) is 10.2. The van der Waals surface area contributed by atoms with E-state index in [0.717, 1.165) is 5.56 Å². The fourth-order valence-corrected chi connectivity index (χ4v) is 3.81. The molecule has 1 saturated heterocycles. The molecule has 4 rings (SSSR count). The van der Waals surface area contributed by atoms with Crippen LogP contribution in [0.5, 0.6) is 0 Å². The van der Waals surface area contributed by atoms with Crippen molar-refractivity contribution in [1.29, 1.82) is 0 Å². The van der Waals surface area contributed by atoms with Crippen LogP contribution in [0.3, 0.4) is 0 Å². The van der Waals surface area contributed by atoms with Crippen LogP contribution in [0.15, 0.2) is 42.7 Å². The molecular formula is C22H24F3N5O. The van der Waals surface area contributed by atoms with Gasteiger partial charge in [-0.2, -0.15) is 0 Å². The highest BCUT2D eigenvalue weighted by Crippen LogP contribution is 2.22. The maximum atomic E-state index is 14.7. The summed E-state index contributed by atoms with van der Waals surface area (Å²) in [5, 5.41) is 2.80. The Hall–Kier alpha value is -3.07. The third kappa shape index (κ3) is 4.82. The molecule has 0 saturated carbocycles.